The number of halogens is 1. The van der Waals surface area contributed by atoms with Crippen molar-refractivity contribution in [3.63, 3.8) is 0 Å². The summed E-state index contributed by atoms with van der Waals surface area (Å²) in [5.41, 5.74) is 0.283. The van der Waals surface area contributed by atoms with Gasteiger partial charge in [-0.3, -0.25) is 4.79 Å². The molecule has 0 aromatic heterocycles. The molecule has 3 aromatic rings. The number of fused-ring (bicyclic) bond motifs is 3. The summed E-state index contributed by atoms with van der Waals surface area (Å²) in [6.07, 6.45) is 0.778. The van der Waals surface area contributed by atoms with Gasteiger partial charge in [0, 0.05) is 10.0 Å². The smallest absolute Gasteiger partial charge is 0.309 e. The van der Waals surface area contributed by atoms with Crippen LogP contribution in [0.4, 0.5) is 0 Å². The molecule has 1 atom stereocenters. The molecule has 0 saturated heterocycles. The first kappa shape index (κ1) is 17.9. The van der Waals surface area contributed by atoms with Crippen LogP contribution in [0.15, 0.2) is 53.0 Å². The summed E-state index contributed by atoms with van der Waals surface area (Å²) in [7, 11) is 0. The maximum absolute atomic E-state index is 12.3. The van der Waals surface area contributed by atoms with E-state index in [4.69, 9.17) is 4.74 Å². The minimum Gasteiger partial charge on any atom is -0.455 e. The van der Waals surface area contributed by atoms with E-state index in [-0.39, 0.29) is 11.9 Å². The average Bonchev–Trinajstić information content (AvgIpc) is 2.60. The third-order valence-electron chi connectivity index (χ3n) is 4.88. The number of benzene rings is 3. The third-order valence-corrected chi connectivity index (χ3v) is 5.73. The summed E-state index contributed by atoms with van der Waals surface area (Å²) < 4.78 is 6.81. The van der Waals surface area contributed by atoms with E-state index in [1.54, 1.807) is 0 Å². The number of carbonyl (C=O) groups excluding carboxylic acids is 1. The molecule has 0 aliphatic carbocycles. The Kier molecular flexibility index (Phi) is 4.88. The number of rotatable bonds is 4. The van der Waals surface area contributed by atoms with E-state index >= 15 is 0 Å². The molecule has 0 aliphatic heterocycles. The summed E-state index contributed by atoms with van der Waals surface area (Å²) in [6, 6.07) is 16.8. The molecule has 0 saturated carbocycles. The van der Waals surface area contributed by atoms with Crippen LogP contribution < -0.4 is 0 Å². The van der Waals surface area contributed by atoms with Crippen LogP contribution >= 0.6 is 15.9 Å². The lowest BCUT2D eigenvalue weighted by molar-refractivity contribution is -0.162. The molecule has 0 amide bonds. The van der Waals surface area contributed by atoms with Crippen LogP contribution in [0.3, 0.4) is 0 Å². The summed E-state index contributed by atoms with van der Waals surface area (Å²) in [5, 5.41) is 4.76. The standard InChI is InChI=1S/C22H23BrO2/c1-5-14(2)21(24)25-22(3,4)19-13-12-17-16-9-7-6-8-15(16)10-11-18(17)20(19)23/h6-14H,5H2,1-4H3. The molecule has 0 bridgehead atoms. The van der Waals surface area contributed by atoms with Gasteiger partial charge in [-0.05, 0) is 57.7 Å². The van der Waals surface area contributed by atoms with Crippen LogP contribution in [-0.2, 0) is 15.1 Å². The second kappa shape index (κ2) is 6.80. The van der Waals surface area contributed by atoms with Crippen molar-refractivity contribution in [2.24, 2.45) is 5.92 Å². The lowest BCUT2D eigenvalue weighted by Crippen LogP contribution is -2.29. The number of hydrogen-bond donors (Lipinski definition) is 0. The van der Waals surface area contributed by atoms with Gasteiger partial charge in [-0.15, -0.1) is 0 Å². The molecule has 2 nitrogen and oxygen atoms in total. The highest BCUT2D eigenvalue weighted by Crippen LogP contribution is 2.38. The molecule has 3 aromatic carbocycles. The molecule has 0 heterocycles. The van der Waals surface area contributed by atoms with Crippen LogP contribution in [0.25, 0.3) is 21.5 Å². The Morgan fingerprint density at radius 2 is 1.72 bits per heavy atom. The van der Waals surface area contributed by atoms with Gasteiger partial charge >= 0.3 is 5.97 Å². The highest BCUT2D eigenvalue weighted by Gasteiger charge is 2.30. The Hall–Kier alpha value is -1.87. The number of carbonyl (C=O) groups is 1. The largest absolute Gasteiger partial charge is 0.455 e. The predicted molar refractivity (Wildman–Crippen MR) is 108 cm³/mol. The van der Waals surface area contributed by atoms with Crippen molar-refractivity contribution in [3.8, 4) is 0 Å². The van der Waals surface area contributed by atoms with Crippen LogP contribution in [0.2, 0.25) is 0 Å². The predicted octanol–water partition coefficient (Wildman–Crippen LogP) is 6.58. The van der Waals surface area contributed by atoms with E-state index in [2.05, 4.69) is 64.5 Å². The molecule has 3 heteroatoms. The second-order valence-electron chi connectivity index (χ2n) is 7.05. The van der Waals surface area contributed by atoms with Gasteiger partial charge in [-0.25, -0.2) is 0 Å². The Balaban J connectivity index is 2.10. The highest BCUT2D eigenvalue weighted by atomic mass is 79.9. The van der Waals surface area contributed by atoms with Crippen LogP contribution in [-0.4, -0.2) is 5.97 Å². The highest BCUT2D eigenvalue weighted by molar-refractivity contribution is 9.10. The lowest BCUT2D eigenvalue weighted by Gasteiger charge is -2.28. The summed E-state index contributed by atoms with van der Waals surface area (Å²) in [5.74, 6) is -0.250. The summed E-state index contributed by atoms with van der Waals surface area (Å²) in [6.45, 7) is 7.79. The van der Waals surface area contributed by atoms with Gasteiger partial charge in [-0.1, -0.05) is 62.4 Å². The summed E-state index contributed by atoms with van der Waals surface area (Å²) >= 11 is 3.76. The average molecular weight is 399 g/mol. The van der Waals surface area contributed by atoms with Crippen LogP contribution in [0.5, 0.6) is 0 Å². The first-order valence-electron chi connectivity index (χ1n) is 8.68. The molecule has 0 spiro atoms. The van der Waals surface area contributed by atoms with Crippen molar-refractivity contribution in [3.05, 3.63) is 58.6 Å². The van der Waals surface area contributed by atoms with E-state index in [1.165, 1.54) is 16.2 Å². The first-order valence-corrected chi connectivity index (χ1v) is 9.47. The van der Waals surface area contributed by atoms with E-state index in [0.717, 1.165) is 21.8 Å². The minimum atomic E-state index is -0.695. The van der Waals surface area contributed by atoms with Crippen molar-refractivity contribution in [1.29, 1.82) is 0 Å². The molecule has 130 valence electrons. The van der Waals surface area contributed by atoms with Crippen molar-refractivity contribution in [2.75, 3.05) is 0 Å². The minimum absolute atomic E-state index is 0.0950. The topological polar surface area (TPSA) is 26.3 Å². The fourth-order valence-electron chi connectivity index (χ4n) is 3.09. The van der Waals surface area contributed by atoms with Crippen molar-refractivity contribution < 1.29 is 9.53 Å². The van der Waals surface area contributed by atoms with Crippen molar-refractivity contribution in [2.45, 2.75) is 39.7 Å². The fraction of sp³-hybridized carbons (Fsp3) is 0.318. The lowest BCUT2D eigenvalue weighted by atomic mass is 9.93. The Bertz CT molecular complexity index is 943. The molecule has 0 aliphatic rings. The molecule has 0 radical (unpaired) electrons. The zero-order valence-electron chi connectivity index (χ0n) is 15.1. The van der Waals surface area contributed by atoms with Gasteiger partial charge in [0.1, 0.15) is 5.60 Å². The van der Waals surface area contributed by atoms with E-state index in [0.29, 0.717) is 0 Å². The first-order chi connectivity index (χ1) is 11.8. The number of hydrogen-bond acceptors (Lipinski definition) is 2. The van der Waals surface area contributed by atoms with E-state index in [1.807, 2.05) is 27.7 Å². The zero-order chi connectivity index (χ0) is 18.2. The SMILES string of the molecule is CCC(C)C(=O)OC(C)(C)c1ccc2c(ccc3ccccc32)c1Br. The molecular weight excluding hydrogens is 376 g/mol. The Morgan fingerprint density at radius 1 is 1.04 bits per heavy atom. The Morgan fingerprint density at radius 3 is 2.44 bits per heavy atom. The van der Waals surface area contributed by atoms with Gasteiger partial charge in [0.25, 0.3) is 0 Å². The molecule has 1 unspecified atom stereocenters. The molecule has 0 fully saturated rings. The van der Waals surface area contributed by atoms with E-state index < -0.39 is 5.60 Å². The van der Waals surface area contributed by atoms with Crippen LogP contribution in [0, 0.1) is 5.92 Å². The van der Waals surface area contributed by atoms with E-state index in [9.17, 15) is 4.79 Å². The quantitative estimate of drug-likeness (QED) is 0.366. The number of ether oxygens (including phenoxy) is 1. The maximum atomic E-state index is 12.3. The van der Waals surface area contributed by atoms with Gasteiger partial charge in [0.05, 0.1) is 5.92 Å². The maximum Gasteiger partial charge on any atom is 0.309 e. The van der Waals surface area contributed by atoms with Crippen LogP contribution in [0.1, 0.15) is 39.7 Å². The van der Waals surface area contributed by atoms with Gasteiger partial charge in [0.15, 0.2) is 0 Å². The third kappa shape index (κ3) is 3.30. The number of esters is 1. The van der Waals surface area contributed by atoms with Gasteiger partial charge in [0.2, 0.25) is 0 Å². The zero-order valence-corrected chi connectivity index (χ0v) is 16.7. The monoisotopic (exact) mass is 398 g/mol. The molecule has 3 rings (SSSR count). The Labute approximate surface area is 157 Å². The van der Waals surface area contributed by atoms with Gasteiger partial charge < -0.3 is 4.74 Å². The normalized spacial score (nSPS) is 13.2. The van der Waals surface area contributed by atoms with Gasteiger partial charge in [-0.2, -0.15) is 0 Å². The summed E-state index contributed by atoms with van der Waals surface area (Å²) in [4.78, 5) is 12.3. The van der Waals surface area contributed by atoms with Crippen molar-refractivity contribution >= 4 is 43.4 Å². The molecular formula is C22H23BrO2. The fourth-order valence-corrected chi connectivity index (χ4v) is 4.05. The second-order valence-corrected chi connectivity index (χ2v) is 7.84. The molecule has 25 heavy (non-hydrogen) atoms. The molecule has 0 N–H and O–H groups in total. The van der Waals surface area contributed by atoms with Crippen molar-refractivity contribution in [1.82, 2.24) is 0 Å².